The van der Waals surface area contributed by atoms with Crippen LogP contribution in [0.2, 0.25) is 0 Å². The van der Waals surface area contributed by atoms with Crippen LogP contribution >= 0.6 is 11.3 Å². The standard InChI is InChI=1S/C19H17N3O2S/c1-4-7-8-13(6-3)22-12-21-16-15-14(24-11-5-2)9-10-20-18(15)25-17(16)19(22)23/h2,6-10,12H,4,11H2,1,3H3/b8-7-,13-6+. The fraction of sp³-hybridized carbons (Fsp3) is 0.211. The average Bonchev–Trinajstić information content (AvgIpc) is 3.02. The van der Waals surface area contributed by atoms with Crippen molar-refractivity contribution in [3.05, 3.63) is 47.2 Å². The van der Waals surface area contributed by atoms with Gasteiger partial charge in [0.05, 0.1) is 5.39 Å². The molecule has 0 radical (unpaired) electrons. The highest BCUT2D eigenvalue weighted by Gasteiger charge is 2.16. The van der Waals surface area contributed by atoms with Gasteiger partial charge in [-0.3, -0.25) is 9.36 Å². The van der Waals surface area contributed by atoms with Gasteiger partial charge >= 0.3 is 0 Å². The molecule has 3 aromatic heterocycles. The first-order chi connectivity index (χ1) is 12.2. The van der Waals surface area contributed by atoms with Gasteiger partial charge in [-0.1, -0.05) is 25.0 Å². The van der Waals surface area contributed by atoms with Gasteiger partial charge in [0.15, 0.2) is 0 Å². The van der Waals surface area contributed by atoms with Crippen LogP contribution in [0.4, 0.5) is 0 Å². The maximum atomic E-state index is 12.9. The molecule has 3 rings (SSSR count). The highest BCUT2D eigenvalue weighted by Crippen LogP contribution is 2.35. The summed E-state index contributed by atoms with van der Waals surface area (Å²) in [5.74, 6) is 3.04. The molecular formula is C19H17N3O2S. The highest BCUT2D eigenvalue weighted by molar-refractivity contribution is 7.25. The zero-order valence-corrected chi connectivity index (χ0v) is 14.8. The molecule has 0 aliphatic carbocycles. The average molecular weight is 351 g/mol. The van der Waals surface area contributed by atoms with Crippen molar-refractivity contribution < 1.29 is 4.74 Å². The smallest absolute Gasteiger partial charge is 0.275 e. The normalized spacial score (nSPS) is 12.1. The Hall–Kier alpha value is -2.91. The third-order valence-corrected chi connectivity index (χ3v) is 4.73. The van der Waals surface area contributed by atoms with Crippen molar-refractivity contribution in [1.82, 2.24) is 14.5 Å². The van der Waals surface area contributed by atoms with Gasteiger partial charge in [-0.25, -0.2) is 9.97 Å². The lowest BCUT2D eigenvalue weighted by Crippen LogP contribution is -2.18. The number of nitrogens with zero attached hydrogens (tertiary/aromatic N) is 3. The second kappa shape index (κ2) is 7.32. The second-order valence-electron chi connectivity index (χ2n) is 5.21. The van der Waals surface area contributed by atoms with Crippen molar-refractivity contribution in [3.8, 4) is 18.1 Å². The molecule has 0 unspecified atom stereocenters. The van der Waals surface area contributed by atoms with Crippen molar-refractivity contribution in [1.29, 1.82) is 0 Å². The number of ether oxygens (including phenoxy) is 1. The third-order valence-electron chi connectivity index (χ3n) is 3.65. The van der Waals surface area contributed by atoms with Crippen LogP contribution in [-0.4, -0.2) is 21.1 Å². The van der Waals surface area contributed by atoms with Gasteiger partial charge in [-0.2, -0.15) is 0 Å². The van der Waals surface area contributed by atoms with Crippen LogP contribution in [-0.2, 0) is 0 Å². The number of pyridine rings is 1. The van der Waals surface area contributed by atoms with E-state index >= 15 is 0 Å². The van der Waals surface area contributed by atoms with E-state index in [4.69, 9.17) is 11.2 Å². The van der Waals surface area contributed by atoms with E-state index < -0.39 is 0 Å². The summed E-state index contributed by atoms with van der Waals surface area (Å²) in [6, 6.07) is 1.74. The fourth-order valence-electron chi connectivity index (χ4n) is 2.50. The first-order valence-electron chi connectivity index (χ1n) is 7.89. The van der Waals surface area contributed by atoms with E-state index in [0.29, 0.717) is 20.8 Å². The number of aromatic nitrogens is 3. The van der Waals surface area contributed by atoms with E-state index in [1.54, 1.807) is 23.2 Å². The van der Waals surface area contributed by atoms with Crippen LogP contribution in [0, 0.1) is 12.3 Å². The Morgan fingerprint density at radius 3 is 3.04 bits per heavy atom. The lowest BCUT2D eigenvalue weighted by Gasteiger charge is -2.06. The molecule has 0 spiro atoms. The highest BCUT2D eigenvalue weighted by atomic mass is 32.1. The Kier molecular flexibility index (Phi) is 4.96. The molecule has 0 aliphatic heterocycles. The van der Waals surface area contributed by atoms with Gasteiger partial charge < -0.3 is 4.74 Å². The quantitative estimate of drug-likeness (QED) is 0.518. The van der Waals surface area contributed by atoms with Crippen LogP contribution in [0.25, 0.3) is 26.1 Å². The minimum absolute atomic E-state index is 0.121. The van der Waals surface area contributed by atoms with E-state index in [-0.39, 0.29) is 12.2 Å². The Morgan fingerprint density at radius 1 is 1.48 bits per heavy atom. The Labute approximate surface area is 149 Å². The molecule has 25 heavy (non-hydrogen) atoms. The fourth-order valence-corrected chi connectivity index (χ4v) is 3.55. The zero-order valence-electron chi connectivity index (χ0n) is 14.0. The van der Waals surface area contributed by atoms with Crippen molar-refractivity contribution in [2.24, 2.45) is 0 Å². The number of hydrogen-bond acceptors (Lipinski definition) is 5. The summed E-state index contributed by atoms with van der Waals surface area (Å²) in [7, 11) is 0. The maximum Gasteiger partial charge on any atom is 0.275 e. The molecule has 5 nitrogen and oxygen atoms in total. The lowest BCUT2D eigenvalue weighted by molar-refractivity contribution is 0.375. The van der Waals surface area contributed by atoms with Gasteiger partial charge in [0, 0.05) is 11.9 Å². The van der Waals surface area contributed by atoms with Crippen LogP contribution in [0.1, 0.15) is 20.3 Å². The molecule has 3 aromatic rings. The number of terminal acetylenes is 1. The topological polar surface area (TPSA) is 57.0 Å². The van der Waals surface area contributed by atoms with E-state index in [2.05, 4.69) is 15.9 Å². The Bertz CT molecular complexity index is 1080. The summed E-state index contributed by atoms with van der Waals surface area (Å²) in [4.78, 5) is 22.5. The number of fused-ring (bicyclic) bond motifs is 3. The summed E-state index contributed by atoms with van der Waals surface area (Å²) in [6.07, 6.45) is 15.2. The molecule has 0 saturated carbocycles. The number of rotatable bonds is 5. The van der Waals surface area contributed by atoms with Crippen molar-refractivity contribution in [2.75, 3.05) is 6.61 Å². The summed E-state index contributed by atoms with van der Waals surface area (Å²) in [5, 5.41) is 0.730. The van der Waals surface area contributed by atoms with Crippen LogP contribution < -0.4 is 10.3 Å². The Balaban J connectivity index is 2.24. The van der Waals surface area contributed by atoms with Crippen LogP contribution in [0.3, 0.4) is 0 Å². The number of hydrogen-bond donors (Lipinski definition) is 0. The van der Waals surface area contributed by atoms with Crippen molar-refractivity contribution in [2.45, 2.75) is 20.3 Å². The molecule has 0 bridgehead atoms. The second-order valence-corrected chi connectivity index (χ2v) is 6.20. The van der Waals surface area contributed by atoms with Gasteiger partial charge in [0.1, 0.15) is 33.7 Å². The number of thiophene rings is 1. The van der Waals surface area contributed by atoms with E-state index in [9.17, 15) is 4.79 Å². The predicted molar refractivity (Wildman–Crippen MR) is 103 cm³/mol. The molecule has 0 aromatic carbocycles. The molecule has 0 amide bonds. The van der Waals surface area contributed by atoms with Gasteiger partial charge in [-0.15, -0.1) is 17.8 Å². The largest absolute Gasteiger partial charge is 0.480 e. The monoisotopic (exact) mass is 351 g/mol. The first kappa shape index (κ1) is 16.9. The molecule has 0 saturated heterocycles. The predicted octanol–water partition coefficient (Wildman–Crippen LogP) is 3.85. The summed E-state index contributed by atoms with van der Waals surface area (Å²) in [6.45, 7) is 4.09. The minimum atomic E-state index is -0.121. The van der Waals surface area contributed by atoms with Crippen LogP contribution in [0.15, 0.2) is 41.6 Å². The molecule has 0 fully saturated rings. The lowest BCUT2D eigenvalue weighted by atomic mass is 10.2. The molecule has 0 aliphatic rings. The molecule has 3 heterocycles. The van der Waals surface area contributed by atoms with Crippen molar-refractivity contribution >= 4 is 37.5 Å². The van der Waals surface area contributed by atoms with Crippen LogP contribution in [0.5, 0.6) is 5.75 Å². The minimum Gasteiger partial charge on any atom is -0.480 e. The molecular weight excluding hydrogens is 334 g/mol. The summed E-state index contributed by atoms with van der Waals surface area (Å²) >= 11 is 1.31. The van der Waals surface area contributed by atoms with Gasteiger partial charge in [-0.05, 0) is 25.5 Å². The third kappa shape index (κ3) is 3.06. The van der Waals surface area contributed by atoms with E-state index in [1.165, 1.54) is 11.3 Å². The molecule has 6 heteroatoms. The SMILES string of the molecule is C#CCOc1ccnc2sc3c(=O)n(C(/C=C\CC)=C/C)cnc3c12. The number of allylic oxidation sites excluding steroid dienone is 4. The van der Waals surface area contributed by atoms with E-state index in [0.717, 1.165) is 17.5 Å². The molecule has 0 atom stereocenters. The van der Waals surface area contributed by atoms with Gasteiger partial charge in [0.2, 0.25) is 0 Å². The maximum absolute atomic E-state index is 12.9. The first-order valence-corrected chi connectivity index (χ1v) is 8.71. The molecule has 126 valence electrons. The van der Waals surface area contributed by atoms with E-state index in [1.807, 2.05) is 32.1 Å². The van der Waals surface area contributed by atoms with Crippen molar-refractivity contribution in [3.63, 3.8) is 0 Å². The zero-order chi connectivity index (χ0) is 17.8. The Morgan fingerprint density at radius 2 is 2.32 bits per heavy atom. The van der Waals surface area contributed by atoms with Gasteiger partial charge in [0.25, 0.3) is 5.56 Å². The summed E-state index contributed by atoms with van der Waals surface area (Å²) in [5.41, 5.74) is 1.26. The molecule has 0 N–H and O–H groups in total. The summed E-state index contributed by atoms with van der Waals surface area (Å²) < 4.78 is 7.68.